The fourth-order valence-electron chi connectivity index (χ4n) is 2.05. The number of allylic oxidation sites excluding steroid dienone is 1. The SMILES string of the molecule is CC(C)=CCN1CCN(C(=O)C2CC2)CC1. The van der Waals surface area contributed by atoms with Gasteiger partial charge in [0.2, 0.25) is 5.91 Å². The van der Waals surface area contributed by atoms with Gasteiger partial charge in [-0.1, -0.05) is 11.6 Å². The van der Waals surface area contributed by atoms with Crippen LogP contribution in [0.5, 0.6) is 0 Å². The number of rotatable bonds is 3. The first-order chi connectivity index (χ1) is 7.66. The van der Waals surface area contributed by atoms with Crippen LogP contribution in [0.3, 0.4) is 0 Å². The Kier molecular flexibility index (Phi) is 3.64. The molecule has 0 unspecified atom stereocenters. The van der Waals surface area contributed by atoms with Crippen LogP contribution < -0.4 is 0 Å². The van der Waals surface area contributed by atoms with Gasteiger partial charge in [0.25, 0.3) is 0 Å². The van der Waals surface area contributed by atoms with E-state index in [0.29, 0.717) is 11.8 Å². The van der Waals surface area contributed by atoms with E-state index in [2.05, 4.69) is 29.7 Å². The lowest BCUT2D eigenvalue weighted by atomic mass is 10.2. The highest BCUT2D eigenvalue weighted by Crippen LogP contribution is 2.31. The van der Waals surface area contributed by atoms with Crippen molar-refractivity contribution in [3.05, 3.63) is 11.6 Å². The van der Waals surface area contributed by atoms with Gasteiger partial charge in [-0.15, -0.1) is 0 Å². The van der Waals surface area contributed by atoms with E-state index in [1.165, 1.54) is 5.57 Å². The summed E-state index contributed by atoms with van der Waals surface area (Å²) in [5, 5.41) is 0. The second-order valence-electron chi connectivity index (χ2n) is 5.18. The van der Waals surface area contributed by atoms with Gasteiger partial charge in [-0.3, -0.25) is 9.69 Å². The molecule has 0 aromatic carbocycles. The average Bonchev–Trinajstić information content (AvgIpc) is 3.10. The van der Waals surface area contributed by atoms with Crippen LogP contribution in [0.4, 0.5) is 0 Å². The van der Waals surface area contributed by atoms with Gasteiger partial charge >= 0.3 is 0 Å². The molecule has 90 valence electrons. The van der Waals surface area contributed by atoms with Crippen molar-refractivity contribution in [1.82, 2.24) is 9.80 Å². The van der Waals surface area contributed by atoms with Crippen molar-refractivity contribution < 1.29 is 4.79 Å². The summed E-state index contributed by atoms with van der Waals surface area (Å²) < 4.78 is 0. The molecule has 2 fully saturated rings. The average molecular weight is 222 g/mol. The summed E-state index contributed by atoms with van der Waals surface area (Å²) in [6.07, 6.45) is 4.51. The van der Waals surface area contributed by atoms with Crippen LogP contribution in [0.1, 0.15) is 26.7 Å². The van der Waals surface area contributed by atoms with Crippen molar-refractivity contribution in [3.63, 3.8) is 0 Å². The van der Waals surface area contributed by atoms with Crippen molar-refractivity contribution in [3.8, 4) is 0 Å². The van der Waals surface area contributed by atoms with E-state index in [4.69, 9.17) is 0 Å². The van der Waals surface area contributed by atoms with E-state index in [1.54, 1.807) is 0 Å². The second kappa shape index (κ2) is 5.00. The molecule has 2 aliphatic rings. The van der Waals surface area contributed by atoms with Crippen LogP contribution in [0.25, 0.3) is 0 Å². The minimum atomic E-state index is 0.379. The van der Waals surface area contributed by atoms with Gasteiger partial charge in [-0.2, -0.15) is 0 Å². The molecule has 0 spiro atoms. The van der Waals surface area contributed by atoms with E-state index in [9.17, 15) is 4.79 Å². The molecule has 0 aromatic heterocycles. The first-order valence-corrected chi connectivity index (χ1v) is 6.31. The Labute approximate surface area is 98.1 Å². The lowest BCUT2D eigenvalue weighted by Gasteiger charge is -2.34. The quantitative estimate of drug-likeness (QED) is 0.676. The van der Waals surface area contributed by atoms with Crippen molar-refractivity contribution in [1.29, 1.82) is 0 Å². The van der Waals surface area contributed by atoms with Crippen LogP contribution in [0, 0.1) is 5.92 Å². The fraction of sp³-hybridized carbons (Fsp3) is 0.769. The molecule has 0 bridgehead atoms. The van der Waals surface area contributed by atoms with E-state index < -0.39 is 0 Å². The number of piperazine rings is 1. The molecule has 1 saturated carbocycles. The maximum Gasteiger partial charge on any atom is 0.225 e. The van der Waals surface area contributed by atoms with Crippen molar-refractivity contribution in [2.45, 2.75) is 26.7 Å². The third-order valence-corrected chi connectivity index (χ3v) is 3.37. The summed E-state index contributed by atoms with van der Waals surface area (Å²) in [7, 11) is 0. The molecule has 2 rings (SSSR count). The standard InChI is InChI=1S/C13H22N2O/c1-11(2)5-6-14-7-9-15(10-8-14)13(16)12-3-4-12/h5,12H,3-4,6-10H2,1-2H3. The molecule has 1 aliphatic carbocycles. The lowest BCUT2D eigenvalue weighted by Crippen LogP contribution is -2.49. The first-order valence-electron chi connectivity index (χ1n) is 6.31. The van der Waals surface area contributed by atoms with E-state index in [-0.39, 0.29) is 0 Å². The molecule has 1 aliphatic heterocycles. The van der Waals surface area contributed by atoms with E-state index in [1.807, 2.05) is 0 Å². The monoisotopic (exact) mass is 222 g/mol. The van der Waals surface area contributed by atoms with Gasteiger partial charge in [0.15, 0.2) is 0 Å². The predicted octanol–water partition coefficient (Wildman–Crippen LogP) is 1.51. The predicted molar refractivity (Wildman–Crippen MR) is 65.2 cm³/mol. The number of hydrogen-bond donors (Lipinski definition) is 0. The largest absolute Gasteiger partial charge is 0.340 e. The molecule has 3 heteroatoms. The molecule has 1 amide bonds. The Hall–Kier alpha value is -0.830. The summed E-state index contributed by atoms with van der Waals surface area (Å²) in [6.45, 7) is 9.20. The number of carbonyl (C=O) groups excluding carboxylic acids is 1. The molecule has 0 N–H and O–H groups in total. The molecule has 0 radical (unpaired) electrons. The Bertz CT molecular complexity index is 282. The maximum absolute atomic E-state index is 11.8. The number of hydrogen-bond acceptors (Lipinski definition) is 2. The summed E-state index contributed by atoms with van der Waals surface area (Å²) >= 11 is 0. The minimum absolute atomic E-state index is 0.379. The fourth-order valence-corrected chi connectivity index (χ4v) is 2.05. The van der Waals surface area contributed by atoms with Crippen LogP contribution in [-0.2, 0) is 4.79 Å². The lowest BCUT2D eigenvalue weighted by molar-refractivity contribution is -0.134. The molecule has 16 heavy (non-hydrogen) atoms. The third kappa shape index (κ3) is 3.08. The van der Waals surface area contributed by atoms with Gasteiger partial charge < -0.3 is 4.90 Å². The zero-order valence-electron chi connectivity index (χ0n) is 10.4. The number of amides is 1. The zero-order valence-corrected chi connectivity index (χ0v) is 10.4. The summed E-state index contributed by atoms with van der Waals surface area (Å²) in [5.74, 6) is 0.784. The van der Waals surface area contributed by atoms with Gasteiger partial charge in [-0.25, -0.2) is 0 Å². The smallest absolute Gasteiger partial charge is 0.225 e. The Balaban J connectivity index is 1.73. The number of carbonyl (C=O) groups is 1. The first kappa shape index (κ1) is 11.6. The van der Waals surface area contributed by atoms with Crippen LogP contribution in [0.15, 0.2) is 11.6 Å². The number of nitrogens with zero attached hydrogens (tertiary/aromatic N) is 2. The molecule has 1 heterocycles. The molecule has 1 saturated heterocycles. The van der Waals surface area contributed by atoms with Gasteiger partial charge in [0.1, 0.15) is 0 Å². The highest BCUT2D eigenvalue weighted by molar-refractivity contribution is 5.81. The summed E-state index contributed by atoms with van der Waals surface area (Å²) in [5.41, 5.74) is 1.37. The third-order valence-electron chi connectivity index (χ3n) is 3.37. The van der Waals surface area contributed by atoms with E-state index in [0.717, 1.165) is 45.6 Å². The van der Waals surface area contributed by atoms with Crippen LogP contribution in [0.2, 0.25) is 0 Å². The normalized spacial score (nSPS) is 22.0. The molecule has 3 nitrogen and oxygen atoms in total. The highest BCUT2D eigenvalue weighted by Gasteiger charge is 2.34. The van der Waals surface area contributed by atoms with Crippen LogP contribution >= 0.6 is 0 Å². The topological polar surface area (TPSA) is 23.6 Å². The zero-order chi connectivity index (χ0) is 11.5. The Morgan fingerprint density at radius 1 is 1.19 bits per heavy atom. The van der Waals surface area contributed by atoms with Gasteiger partial charge in [0, 0.05) is 38.6 Å². The minimum Gasteiger partial charge on any atom is -0.340 e. The summed E-state index contributed by atoms with van der Waals surface area (Å²) in [4.78, 5) is 16.3. The van der Waals surface area contributed by atoms with Gasteiger partial charge in [-0.05, 0) is 26.7 Å². The molecule has 0 atom stereocenters. The van der Waals surface area contributed by atoms with Crippen molar-refractivity contribution >= 4 is 5.91 Å². The van der Waals surface area contributed by atoms with Crippen LogP contribution in [-0.4, -0.2) is 48.4 Å². The highest BCUT2D eigenvalue weighted by atomic mass is 16.2. The molecular formula is C13H22N2O. The molecule has 0 aromatic rings. The Morgan fingerprint density at radius 2 is 1.81 bits per heavy atom. The maximum atomic E-state index is 11.8. The second-order valence-corrected chi connectivity index (χ2v) is 5.18. The van der Waals surface area contributed by atoms with Crippen molar-refractivity contribution in [2.24, 2.45) is 5.92 Å². The Morgan fingerprint density at radius 3 is 2.31 bits per heavy atom. The van der Waals surface area contributed by atoms with Crippen molar-refractivity contribution in [2.75, 3.05) is 32.7 Å². The molecular weight excluding hydrogens is 200 g/mol. The van der Waals surface area contributed by atoms with Gasteiger partial charge in [0.05, 0.1) is 0 Å². The van der Waals surface area contributed by atoms with E-state index >= 15 is 0 Å². The summed E-state index contributed by atoms with van der Waals surface area (Å²) in [6, 6.07) is 0.